The minimum atomic E-state index is -0.276. The third kappa shape index (κ3) is 2.40. The molecule has 0 aliphatic carbocycles. The van der Waals surface area contributed by atoms with E-state index in [1.165, 1.54) is 6.07 Å². The van der Waals surface area contributed by atoms with Crippen molar-refractivity contribution in [1.29, 1.82) is 0 Å². The third-order valence-corrected chi connectivity index (χ3v) is 2.62. The molecule has 0 aliphatic rings. The predicted octanol–water partition coefficient (Wildman–Crippen LogP) is 2.73. The lowest BCUT2D eigenvalue weighted by Crippen LogP contribution is -2.14. The number of aryl methyl sites for hydroxylation is 1. The number of nitrogens with one attached hydrogen (secondary N) is 1. The zero-order chi connectivity index (χ0) is 13.1. The van der Waals surface area contributed by atoms with Gasteiger partial charge in [-0.05, 0) is 19.1 Å². The highest BCUT2D eigenvalue weighted by Gasteiger charge is 2.11. The largest absolute Gasteiger partial charge is 0.357 e. The van der Waals surface area contributed by atoms with Crippen molar-refractivity contribution in [3.05, 3.63) is 41.8 Å². The summed E-state index contributed by atoms with van der Waals surface area (Å²) in [5.74, 6) is 0.896. The van der Waals surface area contributed by atoms with Crippen molar-refractivity contribution in [3.8, 4) is 0 Å². The van der Waals surface area contributed by atoms with Crippen LogP contribution in [0.15, 0.2) is 30.3 Å². The Morgan fingerprint density at radius 1 is 1.22 bits per heavy atom. The van der Waals surface area contributed by atoms with Crippen LogP contribution in [0.5, 0.6) is 0 Å². The number of hydrogen-bond donors (Lipinski definition) is 1. The molecule has 0 atom stereocenters. The molecule has 5 heteroatoms. The molecule has 0 unspecified atom stereocenters. The number of halogens is 1. The molecule has 1 aromatic heterocycles. The molecule has 0 saturated heterocycles. The molecular weight excluding hydrogens is 231 g/mol. The Hall–Kier alpha value is -2.17. The van der Waals surface area contributed by atoms with E-state index in [1.807, 2.05) is 13.0 Å². The first-order valence-corrected chi connectivity index (χ1v) is 5.63. The van der Waals surface area contributed by atoms with E-state index < -0.39 is 0 Å². The Morgan fingerprint density at radius 2 is 1.94 bits per heavy atom. The summed E-state index contributed by atoms with van der Waals surface area (Å²) in [6.45, 7) is 1.88. The van der Waals surface area contributed by atoms with Crippen LogP contribution in [0.3, 0.4) is 0 Å². The maximum Gasteiger partial charge on any atom is 0.224 e. The standard InChI is InChI=1S/C13H15FN4/c1-9-8-12(17-13(15-2)16-9)18(3)11-7-5-4-6-10(11)14/h4-8H,1-3H3,(H,15,16,17). The fourth-order valence-corrected chi connectivity index (χ4v) is 1.68. The van der Waals surface area contributed by atoms with E-state index >= 15 is 0 Å². The summed E-state index contributed by atoms with van der Waals surface area (Å²) in [5.41, 5.74) is 1.31. The lowest BCUT2D eigenvalue weighted by atomic mass is 10.3. The number of benzene rings is 1. The van der Waals surface area contributed by atoms with Crippen LogP contribution < -0.4 is 10.2 Å². The lowest BCUT2D eigenvalue weighted by molar-refractivity contribution is 0.627. The van der Waals surface area contributed by atoms with Crippen LogP contribution in [0, 0.1) is 12.7 Å². The third-order valence-electron chi connectivity index (χ3n) is 2.62. The first-order chi connectivity index (χ1) is 8.61. The van der Waals surface area contributed by atoms with Gasteiger partial charge in [-0.2, -0.15) is 4.98 Å². The number of nitrogens with zero attached hydrogens (tertiary/aromatic N) is 3. The zero-order valence-electron chi connectivity index (χ0n) is 10.6. The van der Waals surface area contributed by atoms with Crippen LogP contribution in [0.1, 0.15) is 5.69 Å². The summed E-state index contributed by atoms with van der Waals surface area (Å²) in [7, 11) is 3.53. The van der Waals surface area contributed by atoms with Crippen molar-refractivity contribution in [2.75, 3.05) is 24.3 Å². The van der Waals surface area contributed by atoms with Crippen molar-refractivity contribution in [2.24, 2.45) is 0 Å². The second-order valence-corrected chi connectivity index (χ2v) is 3.95. The Labute approximate surface area is 105 Å². The van der Waals surface area contributed by atoms with Gasteiger partial charge < -0.3 is 10.2 Å². The fraction of sp³-hybridized carbons (Fsp3) is 0.231. The van der Waals surface area contributed by atoms with E-state index in [9.17, 15) is 4.39 Å². The van der Waals surface area contributed by atoms with Gasteiger partial charge in [-0.15, -0.1) is 0 Å². The molecular formula is C13H15FN4. The van der Waals surface area contributed by atoms with E-state index in [4.69, 9.17) is 0 Å². The van der Waals surface area contributed by atoms with Crippen LogP contribution in [0.25, 0.3) is 0 Å². The van der Waals surface area contributed by atoms with Crippen molar-refractivity contribution in [1.82, 2.24) is 9.97 Å². The second-order valence-electron chi connectivity index (χ2n) is 3.95. The van der Waals surface area contributed by atoms with E-state index in [0.29, 0.717) is 17.5 Å². The highest BCUT2D eigenvalue weighted by atomic mass is 19.1. The van der Waals surface area contributed by atoms with Crippen LogP contribution >= 0.6 is 0 Å². The maximum atomic E-state index is 13.7. The SMILES string of the molecule is CNc1nc(C)cc(N(C)c2ccccc2F)n1. The summed E-state index contributed by atoms with van der Waals surface area (Å²) in [6, 6.07) is 8.41. The summed E-state index contributed by atoms with van der Waals surface area (Å²) in [6.07, 6.45) is 0. The van der Waals surface area contributed by atoms with Crippen LogP contribution in [-0.4, -0.2) is 24.1 Å². The van der Waals surface area contributed by atoms with Gasteiger partial charge in [0.1, 0.15) is 11.6 Å². The molecule has 94 valence electrons. The fourth-order valence-electron chi connectivity index (χ4n) is 1.68. The number of para-hydroxylation sites is 1. The van der Waals surface area contributed by atoms with E-state index in [2.05, 4.69) is 15.3 Å². The molecule has 1 aromatic carbocycles. The normalized spacial score (nSPS) is 10.2. The van der Waals surface area contributed by atoms with Crippen LogP contribution in [-0.2, 0) is 0 Å². The minimum absolute atomic E-state index is 0.276. The first-order valence-electron chi connectivity index (χ1n) is 5.63. The van der Waals surface area contributed by atoms with Crippen molar-refractivity contribution < 1.29 is 4.39 Å². The predicted molar refractivity (Wildman–Crippen MR) is 70.8 cm³/mol. The van der Waals surface area contributed by atoms with Gasteiger partial charge in [0.05, 0.1) is 5.69 Å². The molecule has 0 spiro atoms. The smallest absolute Gasteiger partial charge is 0.224 e. The molecule has 18 heavy (non-hydrogen) atoms. The minimum Gasteiger partial charge on any atom is -0.357 e. The van der Waals surface area contributed by atoms with Gasteiger partial charge in [-0.25, -0.2) is 9.37 Å². The monoisotopic (exact) mass is 246 g/mol. The molecule has 2 rings (SSSR count). The average molecular weight is 246 g/mol. The molecule has 2 aromatic rings. The van der Waals surface area contributed by atoms with Crippen molar-refractivity contribution in [2.45, 2.75) is 6.92 Å². The molecule has 0 fully saturated rings. The van der Waals surface area contributed by atoms with Gasteiger partial charge in [0, 0.05) is 25.9 Å². The summed E-state index contributed by atoms with van der Waals surface area (Å²) in [5, 5.41) is 2.89. The quantitative estimate of drug-likeness (QED) is 0.904. The molecule has 0 saturated carbocycles. The Bertz CT molecular complexity index is 556. The van der Waals surface area contributed by atoms with Gasteiger partial charge in [0.2, 0.25) is 5.95 Å². The number of aromatic nitrogens is 2. The zero-order valence-corrected chi connectivity index (χ0v) is 10.6. The highest BCUT2D eigenvalue weighted by molar-refractivity contribution is 5.60. The second kappa shape index (κ2) is 5.00. The number of anilines is 3. The van der Waals surface area contributed by atoms with Crippen LogP contribution in [0.4, 0.5) is 21.8 Å². The summed E-state index contributed by atoms with van der Waals surface area (Å²) < 4.78 is 13.7. The average Bonchev–Trinajstić information content (AvgIpc) is 2.37. The molecule has 0 radical (unpaired) electrons. The molecule has 0 aliphatic heterocycles. The Morgan fingerprint density at radius 3 is 2.61 bits per heavy atom. The molecule has 0 bridgehead atoms. The number of hydrogen-bond acceptors (Lipinski definition) is 4. The first kappa shape index (κ1) is 12.3. The van der Waals surface area contributed by atoms with Crippen molar-refractivity contribution in [3.63, 3.8) is 0 Å². The Balaban J connectivity index is 2.43. The molecule has 4 nitrogen and oxygen atoms in total. The summed E-state index contributed by atoms with van der Waals surface area (Å²) in [4.78, 5) is 10.2. The van der Waals surface area contributed by atoms with E-state index in [0.717, 1.165) is 5.69 Å². The van der Waals surface area contributed by atoms with Crippen LogP contribution in [0.2, 0.25) is 0 Å². The van der Waals surface area contributed by atoms with Gasteiger partial charge in [0.25, 0.3) is 0 Å². The molecule has 1 N–H and O–H groups in total. The number of rotatable bonds is 3. The van der Waals surface area contributed by atoms with Gasteiger partial charge in [-0.3, -0.25) is 0 Å². The summed E-state index contributed by atoms with van der Waals surface area (Å²) >= 11 is 0. The van der Waals surface area contributed by atoms with E-state index in [1.54, 1.807) is 37.2 Å². The lowest BCUT2D eigenvalue weighted by Gasteiger charge is -2.19. The van der Waals surface area contributed by atoms with E-state index in [-0.39, 0.29) is 5.82 Å². The van der Waals surface area contributed by atoms with Gasteiger partial charge >= 0.3 is 0 Å². The highest BCUT2D eigenvalue weighted by Crippen LogP contribution is 2.25. The van der Waals surface area contributed by atoms with Crippen molar-refractivity contribution >= 4 is 17.5 Å². The Kier molecular flexibility index (Phi) is 3.41. The topological polar surface area (TPSA) is 41.1 Å². The molecule has 1 heterocycles. The maximum absolute atomic E-state index is 13.7. The molecule has 0 amide bonds. The van der Waals surface area contributed by atoms with Gasteiger partial charge in [0.15, 0.2) is 0 Å². The van der Waals surface area contributed by atoms with Gasteiger partial charge in [-0.1, -0.05) is 12.1 Å².